The summed E-state index contributed by atoms with van der Waals surface area (Å²) in [6.45, 7) is 4.25. The molecule has 1 saturated heterocycles. The zero-order valence-corrected chi connectivity index (χ0v) is 21.5. The van der Waals surface area contributed by atoms with E-state index >= 15 is 0 Å². The molecule has 0 atom stereocenters. The van der Waals surface area contributed by atoms with Gasteiger partial charge in [0.25, 0.3) is 5.91 Å². The number of carbonyl (C=O) groups excluding carboxylic acids is 1. The van der Waals surface area contributed by atoms with Gasteiger partial charge in [-0.2, -0.15) is 0 Å². The van der Waals surface area contributed by atoms with Crippen LogP contribution < -0.4 is 19.1 Å². The van der Waals surface area contributed by atoms with Crippen molar-refractivity contribution in [1.82, 2.24) is 9.88 Å². The molecule has 0 N–H and O–H groups in total. The highest BCUT2D eigenvalue weighted by molar-refractivity contribution is 7.23. The second kappa shape index (κ2) is 11.7. The summed E-state index contributed by atoms with van der Waals surface area (Å²) >= 11 is 7.81. The number of hydrogen-bond donors (Lipinski definition) is 0. The Morgan fingerprint density at radius 1 is 1.11 bits per heavy atom. The predicted molar refractivity (Wildman–Crippen MR) is 139 cm³/mol. The first kappa shape index (κ1) is 25.2. The number of anilines is 1. The van der Waals surface area contributed by atoms with Crippen molar-refractivity contribution < 1.29 is 23.7 Å². The second-order valence-electron chi connectivity index (χ2n) is 7.82. The summed E-state index contributed by atoms with van der Waals surface area (Å²) in [6, 6.07) is 9.06. The Kier molecular flexibility index (Phi) is 8.46. The van der Waals surface area contributed by atoms with Gasteiger partial charge in [0.05, 0.1) is 44.3 Å². The topological polar surface area (TPSA) is 73.4 Å². The van der Waals surface area contributed by atoms with Gasteiger partial charge in [0, 0.05) is 32.3 Å². The van der Waals surface area contributed by atoms with Gasteiger partial charge in [-0.15, -0.1) is 0 Å². The minimum absolute atomic E-state index is 0.179. The fourth-order valence-corrected chi connectivity index (χ4v) is 5.09. The van der Waals surface area contributed by atoms with Crippen LogP contribution in [0, 0.1) is 0 Å². The van der Waals surface area contributed by atoms with Gasteiger partial charge in [-0.1, -0.05) is 29.0 Å². The predicted octanol–water partition coefficient (Wildman–Crippen LogP) is 4.35. The lowest BCUT2D eigenvalue weighted by atomic mass is 10.2. The number of hydrogen-bond acceptors (Lipinski definition) is 8. The average Bonchev–Trinajstić information content (AvgIpc) is 3.34. The Morgan fingerprint density at radius 2 is 1.83 bits per heavy atom. The van der Waals surface area contributed by atoms with Crippen molar-refractivity contribution in [2.75, 3.05) is 65.6 Å². The molecule has 0 aliphatic carbocycles. The number of morpholine rings is 1. The Hall–Kier alpha value is -2.85. The molecule has 35 heavy (non-hydrogen) atoms. The molecule has 1 aliphatic heterocycles. The average molecular weight is 518 g/mol. The van der Waals surface area contributed by atoms with Crippen molar-refractivity contribution in [2.45, 2.75) is 0 Å². The molecular formula is C25H28ClN3O5S. The second-order valence-corrected chi connectivity index (χ2v) is 9.20. The van der Waals surface area contributed by atoms with Crippen molar-refractivity contribution in [1.29, 1.82) is 0 Å². The van der Waals surface area contributed by atoms with E-state index in [1.54, 1.807) is 56.6 Å². The first-order valence-electron chi connectivity index (χ1n) is 11.2. The number of nitrogens with zero attached hydrogens (tertiary/aromatic N) is 3. The normalized spacial score (nSPS) is 14.4. The summed E-state index contributed by atoms with van der Waals surface area (Å²) in [5.74, 6) is 1.66. The SMILES string of the molecule is COc1ccc(/C=C/C(=O)N(CCN2CCOCC2)c2nc3c(OC)ccc(Cl)c3s2)cc1OC. The Bertz CT molecular complexity index is 1210. The maximum Gasteiger partial charge on any atom is 0.252 e. The zero-order chi connectivity index (χ0) is 24.8. The van der Waals surface area contributed by atoms with Gasteiger partial charge in [0.1, 0.15) is 11.3 Å². The number of amides is 1. The summed E-state index contributed by atoms with van der Waals surface area (Å²) in [4.78, 5) is 22.1. The van der Waals surface area contributed by atoms with E-state index in [-0.39, 0.29) is 5.91 Å². The maximum atomic E-state index is 13.4. The highest BCUT2D eigenvalue weighted by atomic mass is 35.5. The van der Waals surface area contributed by atoms with Crippen molar-refractivity contribution in [3.8, 4) is 17.2 Å². The third-order valence-electron chi connectivity index (χ3n) is 5.73. The smallest absolute Gasteiger partial charge is 0.252 e. The summed E-state index contributed by atoms with van der Waals surface area (Å²) < 4.78 is 22.4. The van der Waals surface area contributed by atoms with Gasteiger partial charge < -0.3 is 18.9 Å². The van der Waals surface area contributed by atoms with E-state index < -0.39 is 0 Å². The fraction of sp³-hybridized carbons (Fsp3) is 0.360. The van der Waals surface area contributed by atoms with E-state index in [1.807, 2.05) is 12.1 Å². The third-order valence-corrected chi connectivity index (χ3v) is 7.27. The molecule has 8 nitrogen and oxygen atoms in total. The highest BCUT2D eigenvalue weighted by Gasteiger charge is 2.22. The molecule has 3 aromatic rings. The summed E-state index contributed by atoms with van der Waals surface area (Å²) in [6.07, 6.45) is 3.30. The number of ether oxygens (including phenoxy) is 4. The Balaban J connectivity index is 1.62. The molecule has 0 saturated carbocycles. The number of rotatable bonds is 9. The van der Waals surface area contributed by atoms with Crippen LogP contribution in [0.3, 0.4) is 0 Å². The van der Waals surface area contributed by atoms with E-state index in [0.29, 0.717) is 59.2 Å². The van der Waals surface area contributed by atoms with Crippen molar-refractivity contribution in [3.63, 3.8) is 0 Å². The minimum atomic E-state index is -0.179. The molecule has 1 amide bonds. The third kappa shape index (κ3) is 5.87. The standard InChI is InChI=1S/C25H28ClN3O5S/c1-31-19-7-4-17(16-21(19)33-3)5-9-22(30)29(11-10-28-12-14-34-15-13-28)25-27-23-20(32-2)8-6-18(26)24(23)35-25/h4-9,16H,10-15H2,1-3H3/b9-5+. The zero-order valence-electron chi connectivity index (χ0n) is 20.0. The van der Waals surface area contributed by atoms with Gasteiger partial charge >= 0.3 is 0 Å². The molecule has 1 fully saturated rings. The van der Waals surface area contributed by atoms with Crippen LogP contribution in [0.1, 0.15) is 5.56 Å². The number of thiazole rings is 1. The summed E-state index contributed by atoms with van der Waals surface area (Å²) in [7, 11) is 4.76. The summed E-state index contributed by atoms with van der Waals surface area (Å²) in [5.41, 5.74) is 1.46. The molecular weight excluding hydrogens is 490 g/mol. The molecule has 0 bridgehead atoms. The van der Waals surface area contributed by atoms with Crippen LogP contribution in [0.4, 0.5) is 5.13 Å². The lowest BCUT2D eigenvalue weighted by Gasteiger charge is -2.28. The van der Waals surface area contributed by atoms with E-state index in [0.717, 1.165) is 23.4 Å². The molecule has 1 aliphatic rings. The number of fused-ring (bicyclic) bond motifs is 1. The molecule has 0 spiro atoms. The Morgan fingerprint density at radius 3 is 2.54 bits per heavy atom. The van der Waals surface area contributed by atoms with Gasteiger partial charge in [0.15, 0.2) is 16.6 Å². The van der Waals surface area contributed by atoms with Gasteiger partial charge in [0.2, 0.25) is 0 Å². The van der Waals surface area contributed by atoms with Crippen LogP contribution in [-0.2, 0) is 9.53 Å². The molecule has 186 valence electrons. The van der Waals surface area contributed by atoms with Crippen LogP contribution in [0.5, 0.6) is 17.2 Å². The number of methoxy groups -OCH3 is 3. The lowest BCUT2D eigenvalue weighted by molar-refractivity contribution is -0.114. The van der Waals surface area contributed by atoms with E-state index in [9.17, 15) is 4.79 Å². The van der Waals surface area contributed by atoms with Crippen molar-refractivity contribution in [2.24, 2.45) is 0 Å². The number of halogens is 1. The van der Waals surface area contributed by atoms with E-state index in [4.69, 9.17) is 35.5 Å². The van der Waals surface area contributed by atoms with Gasteiger partial charge in [-0.25, -0.2) is 4.98 Å². The fourth-order valence-electron chi connectivity index (χ4n) is 3.80. The molecule has 1 aromatic heterocycles. The van der Waals surface area contributed by atoms with Gasteiger partial charge in [-0.05, 0) is 35.9 Å². The van der Waals surface area contributed by atoms with Crippen molar-refractivity contribution >= 4 is 50.3 Å². The van der Waals surface area contributed by atoms with Gasteiger partial charge in [-0.3, -0.25) is 14.6 Å². The number of carbonyl (C=O) groups is 1. The first-order chi connectivity index (χ1) is 17.0. The Labute approximate surface area is 213 Å². The summed E-state index contributed by atoms with van der Waals surface area (Å²) in [5, 5.41) is 1.15. The molecule has 0 unspecified atom stereocenters. The molecule has 4 rings (SSSR count). The van der Waals surface area contributed by atoms with Crippen LogP contribution in [0.15, 0.2) is 36.4 Å². The van der Waals surface area contributed by atoms with Crippen LogP contribution in [-0.4, -0.2) is 76.5 Å². The first-order valence-corrected chi connectivity index (χ1v) is 12.4. The number of benzene rings is 2. The highest BCUT2D eigenvalue weighted by Crippen LogP contribution is 2.39. The van der Waals surface area contributed by atoms with Crippen LogP contribution in [0.2, 0.25) is 5.02 Å². The van der Waals surface area contributed by atoms with Crippen LogP contribution in [0.25, 0.3) is 16.3 Å². The quantitative estimate of drug-likeness (QED) is 0.390. The van der Waals surface area contributed by atoms with Crippen LogP contribution >= 0.6 is 22.9 Å². The molecule has 2 aromatic carbocycles. The minimum Gasteiger partial charge on any atom is -0.494 e. The molecule has 10 heteroatoms. The van der Waals surface area contributed by atoms with E-state index in [2.05, 4.69) is 4.90 Å². The monoisotopic (exact) mass is 517 g/mol. The van der Waals surface area contributed by atoms with E-state index in [1.165, 1.54) is 11.3 Å². The molecule has 0 radical (unpaired) electrons. The maximum absolute atomic E-state index is 13.4. The van der Waals surface area contributed by atoms with Crippen molar-refractivity contribution in [3.05, 3.63) is 47.0 Å². The molecule has 2 heterocycles. The lowest BCUT2D eigenvalue weighted by Crippen LogP contribution is -2.42. The number of aromatic nitrogens is 1. The largest absolute Gasteiger partial charge is 0.494 e.